The summed E-state index contributed by atoms with van der Waals surface area (Å²) in [6.07, 6.45) is 0. The minimum atomic E-state index is -0.430. The Balaban J connectivity index is 2.34. The van der Waals surface area contributed by atoms with Crippen molar-refractivity contribution in [3.63, 3.8) is 0 Å². The number of nitrogens with zero attached hydrogens (tertiary/aromatic N) is 1. The van der Waals surface area contributed by atoms with Gasteiger partial charge in [-0.2, -0.15) is 0 Å². The molecule has 3 rings (SSSR count). The van der Waals surface area contributed by atoms with Crippen molar-refractivity contribution in [3.05, 3.63) is 54.0 Å². The third-order valence-corrected chi connectivity index (χ3v) is 2.94. The fourth-order valence-corrected chi connectivity index (χ4v) is 2.00. The molecule has 0 fully saturated rings. The van der Waals surface area contributed by atoms with Gasteiger partial charge in [0, 0.05) is 11.1 Å². The lowest BCUT2D eigenvalue weighted by atomic mass is 9.86. The van der Waals surface area contributed by atoms with Gasteiger partial charge in [0.1, 0.15) is 5.52 Å². The van der Waals surface area contributed by atoms with Crippen LogP contribution >= 0.6 is 0 Å². The number of hydrogen-bond donors (Lipinski definition) is 0. The first-order valence-corrected chi connectivity index (χ1v) is 6.10. The van der Waals surface area contributed by atoms with Gasteiger partial charge in [-0.15, -0.1) is 0 Å². The molecular weight excluding hydrogens is 234 g/mol. The van der Waals surface area contributed by atoms with E-state index in [1.54, 1.807) is 6.07 Å². The molecule has 0 N–H and O–H groups in total. The molecule has 0 aliphatic rings. The zero-order chi connectivity index (χ0) is 17.8. The van der Waals surface area contributed by atoms with E-state index in [1.807, 2.05) is 12.1 Å². The quantitative estimate of drug-likeness (QED) is 0.625. The van der Waals surface area contributed by atoms with Gasteiger partial charge in [0.25, 0.3) is 0 Å². The molecule has 0 aliphatic carbocycles. The lowest BCUT2D eigenvalue weighted by Crippen LogP contribution is -2.10. The first-order chi connectivity index (χ1) is 11.1. The highest BCUT2D eigenvalue weighted by molar-refractivity contribution is 5.80. The molecule has 0 bridgehead atoms. The van der Waals surface area contributed by atoms with Gasteiger partial charge < -0.3 is 4.42 Å². The second-order valence-electron chi connectivity index (χ2n) is 5.42. The summed E-state index contributed by atoms with van der Waals surface area (Å²) in [7, 11) is 0. The molecule has 0 spiro atoms. The monoisotopic (exact) mass is 256 g/mol. The Morgan fingerprint density at radius 1 is 1.11 bits per heavy atom. The van der Waals surface area contributed by atoms with Crippen LogP contribution in [-0.4, -0.2) is 4.98 Å². The first kappa shape index (κ1) is 7.49. The lowest BCUT2D eigenvalue weighted by Gasteiger charge is -2.18. The highest BCUT2D eigenvalue weighted by Crippen LogP contribution is 2.32. The Hall–Kier alpha value is -2.09. The van der Waals surface area contributed by atoms with Crippen LogP contribution < -0.4 is 0 Å². The van der Waals surface area contributed by atoms with Gasteiger partial charge in [-0.25, -0.2) is 4.98 Å². The number of hydrogen-bond acceptors (Lipinski definition) is 2. The third-order valence-electron chi connectivity index (χ3n) is 2.94. The van der Waals surface area contributed by atoms with Crippen LogP contribution in [0.3, 0.4) is 0 Å². The number of para-hydroxylation sites is 1. The van der Waals surface area contributed by atoms with Crippen LogP contribution in [0.15, 0.2) is 52.8 Å². The molecule has 19 heavy (non-hydrogen) atoms. The molecule has 3 aromatic rings. The molecule has 0 amide bonds. The van der Waals surface area contributed by atoms with Crippen LogP contribution in [0.4, 0.5) is 0 Å². The zero-order valence-corrected chi connectivity index (χ0v) is 11.1. The molecule has 0 unspecified atom stereocenters. The van der Waals surface area contributed by atoms with Gasteiger partial charge in [0.05, 0.1) is 6.85 Å². The van der Waals surface area contributed by atoms with Crippen molar-refractivity contribution >= 4 is 11.1 Å². The predicted octanol–water partition coefficient (Wildman–Crippen LogP) is 4.79. The minimum Gasteiger partial charge on any atom is -0.436 e. The summed E-state index contributed by atoms with van der Waals surface area (Å²) in [5, 5.41) is 0. The summed E-state index contributed by atoms with van der Waals surface area (Å²) in [5.41, 5.74) is 1.94. The Morgan fingerprint density at radius 2 is 1.84 bits per heavy atom. The molecule has 0 aliphatic heterocycles. The lowest BCUT2D eigenvalue weighted by molar-refractivity contribution is 0.561. The highest BCUT2D eigenvalue weighted by atomic mass is 16.3. The van der Waals surface area contributed by atoms with E-state index in [1.165, 1.54) is 0 Å². The van der Waals surface area contributed by atoms with Gasteiger partial charge >= 0.3 is 0 Å². The second kappa shape index (κ2) is 4.23. The molecule has 2 nitrogen and oxygen atoms in total. The van der Waals surface area contributed by atoms with Crippen LogP contribution in [0.1, 0.15) is 33.2 Å². The molecular formula is C17H17NO. The van der Waals surface area contributed by atoms with Crippen molar-refractivity contribution in [2.24, 2.45) is 0 Å². The summed E-state index contributed by atoms with van der Waals surface area (Å²) >= 11 is 0. The molecule has 96 valence electrons. The van der Waals surface area contributed by atoms with Gasteiger partial charge in [-0.1, -0.05) is 51.0 Å². The van der Waals surface area contributed by atoms with E-state index >= 15 is 0 Å². The highest BCUT2D eigenvalue weighted by Gasteiger charge is 2.20. The van der Waals surface area contributed by atoms with Crippen LogP contribution in [0.25, 0.3) is 22.6 Å². The largest absolute Gasteiger partial charge is 0.436 e. The van der Waals surface area contributed by atoms with Crippen molar-refractivity contribution in [2.75, 3.05) is 0 Å². The van der Waals surface area contributed by atoms with E-state index in [4.69, 9.17) is 11.3 Å². The number of benzene rings is 2. The average Bonchev–Trinajstić information content (AvgIpc) is 2.93. The van der Waals surface area contributed by atoms with Gasteiger partial charge in [-0.3, -0.25) is 0 Å². The van der Waals surface area contributed by atoms with Crippen LogP contribution in [0.2, 0.25) is 0 Å². The smallest absolute Gasteiger partial charge is 0.227 e. The van der Waals surface area contributed by atoms with Crippen molar-refractivity contribution in [1.29, 1.82) is 0 Å². The van der Waals surface area contributed by atoms with E-state index in [2.05, 4.69) is 25.8 Å². The summed E-state index contributed by atoms with van der Waals surface area (Å²) < 4.78 is 45.2. The topological polar surface area (TPSA) is 26.0 Å². The van der Waals surface area contributed by atoms with Gasteiger partial charge in [0.15, 0.2) is 5.58 Å². The molecule has 0 saturated heterocycles. The molecule has 1 aromatic heterocycles. The van der Waals surface area contributed by atoms with E-state index in [9.17, 15) is 0 Å². The summed E-state index contributed by atoms with van der Waals surface area (Å²) in [5.74, 6) is 0.0405. The van der Waals surface area contributed by atoms with E-state index in [0.717, 1.165) is 5.56 Å². The molecule has 0 radical (unpaired) electrons. The Bertz CT molecular complexity index is 927. The van der Waals surface area contributed by atoms with Crippen LogP contribution in [0, 0.1) is 0 Å². The molecule has 2 aromatic carbocycles. The summed E-state index contributed by atoms with van der Waals surface area (Å²) in [6.45, 7) is 6.15. The van der Waals surface area contributed by atoms with Crippen molar-refractivity contribution < 1.29 is 11.3 Å². The Labute approximate surface area is 120 Å². The fourth-order valence-electron chi connectivity index (χ4n) is 2.00. The van der Waals surface area contributed by atoms with E-state index in [0.29, 0.717) is 11.1 Å². The standard InChI is InChI=1S/C17H17NO/c1-17(2,3)13-10-7-11-14-15(13)19-16(18-14)12-8-5-4-6-9-12/h4-11H,1-3H3/i4D,5D,6D,8D,9D. The van der Waals surface area contributed by atoms with E-state index < -0.39 is 18.1 Å². The van der Waals surface area contributed by atoms with Crippen molar-refractivity contribution in [3.8, 4) is 11.5 Å². The Morgan fingerprint density at radius 3 is 2.53 bits per heavy atom. The maximum atomic E-state index is 8.05. The average molecular weight is 256 g/mol. The molecule has 1 heterocycles. The number of rotatable bonds is 1. The zero-order valence-electron chi connectivity index (χ0n) is 16.1. The number of oxazole rings is 1. The normalized spacial score (nSPS) is 15.6. The minimum absolute atomic E-state index is 0.0166. The van der Waals surface area contributed by atoms with Gasteiger partial charge in [-0.05, 0) is 23.6 Å². The van der Waals surface area contributed by atoms with Crippen LogP contribution in [0.5, 0.6) is 0 Å². The molecule has 2 heteroatoms. The predicted molar refractivity (Wildman–Crippen MR) is 78.1 cm³/mol. The number of aromatic nitrogens is 1. The van der Waals surface area contributed by atoms with Crippen molar-refractivity contribution in [1.82, 2.24) is 4.98 Å². The third kappa shape index (κ3) is 2.14. The fraction of sp³-hybridized carbons (Fsp3) is 0.235. The SMILES string of the molecule is [2H]c1c([2H])c([2H])c(-c2nc3cccc(C(C)(C)C)c3o2)c([2H])c1[2H]. The second-order valence-corrected chi connectivity index (χ2v) is 5.42. The van der Waals surface area contributed by atoms with E-state index in [-0.39, 0.29) is 29.0 Å². The molecule has 0 saturated carbocycles. The molecule has 0 atom stereocenters. The maximum Gasteiger partial charge on any atom is 0.227 e. The van der Waals surface area contributed by atoms with Crippen LogP contribution in [-0.2, 0) is 5.41 Å². The Kier molecular flexibility index (Phi) is 1.67. The summed E-state index contributed by atoms with van der Waals surface area (Å²) in [4.78, 5) is 4.36. The maximum absolute atomic E-state index is 8.05. The van der Waals surface area contributed by atoms with Crippen molar-refractivity contribution in [2.45, 2.75) is 26.2 Å². The summed E-state index contributed by atoms with van der Waals surface area (Å²) in [6, 6.07) is 3.74. The van der Waals surface area contributed by atoms with Gasteiger partial charge in [0.2, 0.25) is 5.89 Å². The number of fused-ring (bicyclic) bond motifs is 1. The first-order valence-electron chi connectivity index (χ1n) is 8.60.